The van der Waals surface area contributed by atoms with Gasteiger partial charge in [0.25, 0.3) is 0 Å². The van der Waals surface area contributed by atoms with Crippen LogP contribution >= 0.6 is 0 Å². The molecule has 0 aromatic rings. The van der Waals surface area contributed by atoms with Crippen molar-refractivity contribution in [2.75, 3.05) is 20.2 Å². The molecule has 2 nitrogen and oxygen atoms in total. The van der Waals surface area contributed by atoms with Crippen molar-refractivity contribution in [3.05, 3.63) is 12.7 Å². The molecule has 0 unspecified atom stereocenters. The molecular weight excluding hydrogens is 162 g/mol. The molecule has 0 saturated carbocycles. The van der Waals surface area contributed by atoms with Gasteiger partial charge in [-0.05, 0) is 26.7 Å². The number of piperidine rings is 1. The molecule has 0 atom stereocenters. The minimum Gasteiger partial charge on any atom is -0.381 e. The molecule has 76 valence electrons. The molecule has 0 spiro atoms. The topological polar surface area (TPSA) is 12.5 Å². The summed E-state index contributed by atoms with van der Waals surface area (Å²) in [7, 11) is 1.80. The van der Waals surface area contributed by atoms with Crippen molar-refractivity contribution in [3.63, 3.8) is 0 Å². The number of ether oxygens (including phenoxy) is 1. The van der Waals surface area contributed by atoms with Crippen molar-refractivity contribution in [1.82, 2.24) is 4.90 Å². The Morgan fingerprint density at radius 1 is 1.38 bits per heavy atom. The highest BCUT2D eigenvalue weighted by Gasteiger charge is 2.27. The fourth-order valence-corrected chi connectivity index (χ4v) is 1.80. The van der Waals surface area contributed by atoms with Crippen LogP contribution in [0.2, 0.25) is 0 Å². The molecular formula is C11H21NO. The molecule has 0 aromatic carbocycles. The third kappa shape index (κ3) is 2.55. The number of hydrogen-bond donors (Lipinski definition) is 0. The maximum atomic E-state index is 5.33. The molecule has 1 heterocycles. The van der Waals surface area contributed by atoms with Crippen molar-refractivity contribution in [2.24, 2.45) is 0 Å². The summed E-state index contributed by atoms with van der Waals surface area (Å²) in [6.07, 6.45) is 4.79. The van der Waals surface area contributed by atoms with Crippen molar-refractivity contribution >= 4 is 0 Å². The smallest absolute Gasteiger partial charge is 0.0595 e. The van der Waals surface area contributed by atoms with Crippen molar-refractivity contribution in [1.29, 1.82) is 0 Å². The van der Waals surface area contributed by atoms with E-state index in [0.29, 0.717) is 6.10 Å². The Balaban J connectivity index is 2.45. The van der Waals surface area contributed by atoms with Gasteiger partial charge < -0.3 is 4.74 Å². The van der Waals surface area contributed by atoms with E-state index in [1.807, 2.05) is 6.08 Å². The van der Waals surface area contributed by atoms with Gasteiger partial charge in [0.05, 0.1) is 6.10 Å². The molecule has 0 radical (unpaired) electrons. The molecule has 1 aliphatic rings. The van der Waals surface area contributed by atoms with Crippen LogP contribution in [0.25, 0.3) is 0 Å². The van der Waals surface area contributed by atoms with Gasteiger partial charge in [-0.15, -0.1) is 6.58 Å². The number of methoxy groups -OCH3 is 1. The van der Waals surface area contributed by atoms with Gasteiger partial charge in [-0.2, -0.15) is 0 Å². The fourth-order valence-electron chi connectivity index (χ4n) is 1.80. The van der Waals surface area contributed by atoms with Gasteiger partial charge in [0, 0.05) is 25.7 Å². The zero-order valence-electron chi connectivity index (χ0n) is 9.05. The fraction of sp³-hybridized carbons (Fsp3) is 0.818. The zero-order valence-corrected chi connectivity index (χ0v) is 9.05. The molecule has 1 fully saturated rings. The molecule has 2 heteroatoms. The lowest BCUT2D eigenvalue weighted by atomic mass is 9.98. The lowest BCUT2D eigenvalue weighted by Gasteiger charge is -2.40. The maximum absolute atomic E-state index is 5.33. The molecule has 1 saturated heterocycles. The first-order valence-corrected chi connectivity index (χ1v) is 5.01. The predicted molar refractivity (Wildman–Crippen MR) is 55.9 cm³/mol. The molecule has 0 amide bonds. The van der Waals surface area contributed by atoms with E-state index in [2.05, 4.69) is 25.3 Å². The number of hydrogen-bond acceptors (Lipinski definition) is 2. The molecule has 1 aliphatic heterocycles. The normalized spacial score (nSPS) is 21.8. The van der Waals surface area contributed by atoms with E-state index in [0.717, 1.165) is 25.9 Å². The van der Waals surface area contributed by atoms with Gasteiger partial charge in [-0.25, -0.2) is 0 Å². The van der Waals surface area contributed by atoms with Crippen molar-refractivity contribution in [3.8, 4) is 0 Å². The van der Waals surface area contributed by atoms with E-state index < -0.39 is 0 Å². The summed E-state index contributed by atoms with van der Waals surface area (Å²) in [6, 6.07) is 0. The van der Waals surface area contributed by atoms with Crippen molar-refractivity contribution < 1.29 is 4.74 Å². The van der Waals surface area contributed by atoms with Gasteiger partial charge in [0.15, 0.2) is 0 Å². The Kier molecular flexibility index (Phi) is 3.51. The Labute approximate surface area is 81.6 Å². The first-order chi connectivity index (χ1) is 6.10. The first kappa shape index (κ1) is 10.7. The minimum absolute atomic E-state index is 0.138. The second-order valence-corrected chi connectivity index (χ2v) is 4.28. The Morgan fingerprint density at radius 2 is 1.92 bits per heavy atom. The van der Waals surface area contributed by atoms with Crippen LogP contribution in [0.4, 0.5) is 0 Å². The maximum Gasteiger partial charge on any atom is 0.0595 e. The summed E-state index contributed by atoms with van der Waals surface area (Å²) in [5.41, 5.74) is 0.138. The van der Waals surface area contributed by atoms with Crippen LogP contribution in [-0.2, 0) is 4.74 Å². The average molecular weight is 183 g/mol. The summed E-state index contributed by atoms with van der Waals surface area (Å²) >= 11 is 0. The standard InChI is InChI=1S/C11H21NO/c1-5-11(2,3)12-8-6-10(13-4)7-9-12/h5,10H,1,6-9H2,2-4H3. The highest BCUT2D eigenvalue weighted by Crippen LogP contribution is 2.22. The molecule has 0 bridgehead atoms. The summed E-state index contributed by atoms with van der Waals surface area (Å²) in [5, 5.41) is 0. The molecule has 13 heavy (non-hydrogen) atoms. The summed E-state index contributed by atoms with van der Waals surface area (Å²) in [6.45, 7) is 10.5. The Bertz CT molecular complexity index is 169. The van der Waals surface area contributed by atoms with Crippen LogP contribution < -0.4 is 0 Å². The summed E-state index contributed by atoms with van der Waals surface area (Å²) in [4.78, 5) is 2.47. The number of nitrogens with zero attached hydrogens (tertiary/aromatic N) is 1. The zero-order chi connectivity index (χ0) is 9.90. The van der Waals surface area contributed by atoms with Gasteiger partial charge in [0.1, 0.15) is 0 Å². The highest BCUT2D eigenvalue weighted by atomic mass is 16.5. The van der Waals surface area contributed by atoms with Crippen LogP contribution in [0, 0.1) is 0 Å². The highest BCUT2D eigenvalue weighted by molar-refractivity contribution is 4.98. The minimum atomic E-state index is 0.138. The van der Waals surface area contributed by atoms with E-state index in [1.165, 1.54) is 0 Å². The van der Waals surface area contributed by atoms with Gasteiger partial charge in [-0.1, -0.05) is 6.08 Å². The monoisotopic (exact) mass is 183 g/mol. The van der Waals surface area contributed by atoms with Crippen LogP contribution in [-0.4, -0.2) is 36.7 Å². The third-order valence-electron chi connectivity index (χ3n) is 3.09. The van der Waals surface area contributed by atoms with E-state index in [1.54, 1.807) is 7.11 Å². The first-order valence-electron chi connectivity index (χ1n) is 5.01. The molecule has 1 rings (SSSR count). The van der Waals surface area contributed by atoms with E-state index >= 15 is 0 Å². The summed E-state index contributed by atoms with van der Waals surface area (Å²) in [5.74, 6) is 0. The number of likely N-dealkylation sites (tertiary alicyclic amines) is 1. The molecule has 0 aromatic heterocycles. The van der Waals surface area contributed by atoms with Crippen LogP contribution in [0.5, 0.6) is 0 Å². The Hall–Kier alpha value is -0.340. The molecule has 0 N–H and O–H groups in total. The Morgan fingerprint density at radius 3 is 2.31 bits per heavy atom. The van der Waals surface area contributed by atoms with Crippen LogP contribution in [0.1, 0.15) is 26.7 Å². The predicted octanol–water partition coefficient (Wildman–Crippen LogP) is 2.06. The van der Waals surface area contributed by atoms with Gasteiger partial charge >= 0.3 is 0 Å². The van der Waals surface area contributed by atoms with Crippen LogP contribution in [0.3, 0.4) is 0 Å². The average Bonchev–Trinajstić information content (AvgIpc) is 2.18. The second-order valence-electron chi connectivity index (χ2n) is 4.28. The lowest BCUT2D eigenvalue weighted by Crippen LogP contribution is -2.48. The van der Waals surface area contributed by atoms with E-state index in [-0.39, 0.29) is 5.54 Å². The van der Waals surface area contributed by atoms with Crippen LogP contribution in [0.15, 0.2) is 12.7 Å². The summed E-state index contributed by atoms with van der Waals surface area (Å²) < 4.78 is 5.33. The third-order valence-corrected chi connectivity index (χ3v) is 3.09. The van der Waals surface area contributed by atoms with Gasteiger partial charge in [-0.3, -0.25) is 4.90 Å². The second kappa shape index (κ2) is 4.25. The van der Waals surface area contributed by atoms with Crippen molar-refractivity contribution in [2.45, 2.75) is 38.3 Å². The quantitative estimate of drug-likeness (QED) is 0.621. The van der Waals surface area contributed by atoms with E-state index in [9.17, 15) is 0 Å². The largest absolute Gasteiger partial charge is 0.381 e. The SMILES string of the molecule is C=CC(C)(C)N1CCC(OC)CC1. The molecule has 0 aliphatic carbocycles. The van der Waals surface area contributed by atoms with E-state index in [4.69, 9.17) is 4.74 Å². The number of rotatable bonds is 3. The lowest BCUT2D eigenvalue weighted by molar-refractivity contribution is 0.0185. The van der Waals surface area contributed by atoms with Gasteiger partial charge in [0.2, 0.25) is 0 Å².